The van der Waals surface area contributed by atoms with E-state index < -0.39 is 0 Å². The summed E-state index contributed by atoms with van der Waals surface area (Å²) in [6, 6.07) is 21.7. The van der Waals surface area contributed by atoms with Crippen molar-refractivity contribution in [2.45, 2.75) is 18.4 Å². The lowest BCUT2D eigenvalue weighted by Crippen LogP contribution is -2.31. The fraction of sp³-hybridized carbons (Fsp3) is 0.227. The largest absolute Gasteiger partial charge is 0.497 e. The van der Waals surface area contributed by atoms with E-state index in [0.29, 0.717) is 11.8 Å². The Morgan fingerprint density at radius 1 is 1.04 bits per heavy atom. The van der Waals surface area contributed by atoms with Crippen molar-refractivity contribution in [2.24, 2.45) is 5.92 Å². The molecule has 1 unspecified atom stereocenters. The first-order chi connectivity index (χ1) is 12.3. The van der Waals surface area contributed by atoms with Crippen molar-refractivity contribution < 1.29 is 4.74 Å². The highest BCUT2D eigenvalue weighted by molar-refractivity contribution is 5.60. The van der Waals surface area contributed by atoms with E-state index in [2.05, 4.69) is 53.8 Å². The van der Waals surface area contributed by atoms with Crippen molar-refractivity contribution >= 4 is 5.69 Å². The van der Waals surface area contributed by atoms with Gasteiger partial charge in [-0.05, 0) is 53.3 Å². The Morgan fingerprint density at radius 2 is 1.96 bits per heavy atom. The van der Waals surface area contributed by atoms with Crippen LogP contribution in [0.3, 0.4) is 0 Å². The minimum absolute atomic E-state index is 0.254. The number of hydrogen-bond acceptors (Lipinski definition) is 3. The third-order valence-corrected chi connectivity index (χ3v) is 5.60. The van der Waals surface area contributed by atoms with E-state index in [9.17, 15) is 0 Å². The number of fused-ring (bicyclic) bond motifs is 5. The van der Waals surface area contributed by atoms with Gasteiger partial charge in [0.15, 0.2) is 0 Å². The van der Waals surface area contributed by atoms with Gasteiger partial charge in [0.1, 0.15) is 5.75 Å². The molecule has 3 aromatic rings. The monoisotopic (exact) mass is 328 g/mol. The van der Waals surface area contributed by atoms with Gasteiger partial charge in [-0.25, -0.2) is 0 Å². The first-order valence-electron chi connectivity index (χ1n) is 8.78. The molecule has 5 rings (SSSR count). The van der Waals surface area contributed by atoms with E-state index in [4.69, 9.17) is 9.72 Å². The third kappa shape index (κ3) is 2.23. The summed E-state index contributed by atoms with van der Waals surface area (Å²) in [7, 11) is 1.72. The molecular weight excluding hydrogens is 308 g/mol. The van der Waals surface area contributed by atoms with Crippen LogP contribution in [-0.2, 0) is 6.42 Å². The molecule has 0 bridgehead atoms. The van der Waals surface area contributed by atoms with Crippen molar-refractivity contribution in [3.05, 3.63) is 89.2 Å². The lowest BCUT2D eigenvalue weighted by atomic mass is 9.77. The van der Waals surface area contributed by atoms with Gasteiger partial charge < -0.3 is 10.1 Å². The Labute approximate surface area is 147 Å². The molecule has 25 heavy (non-hydrogen) atoms. The number of nitrogens with one attached hydrogen (secondary N) is 1. The summed E-state index contributed by atoms with van der Waals surface area (Å²) >= 11 is 0. The summed E-state index contributed by atoms with van der Waals surface area (Å²) < 4.78 is 5.45. The average Bonchev–Trinajstić information content (AvgIpc) is 3.07. The van der Waals surface area contributed by atoms with Crippen molar-refractivity contribution in [1.29, 1.82) is 0 Å². The van der Waals surface area contributed by atoms with Crippen LogP contribution in [0.25, 0.3) is 0 Å². The van der Waals surface area contributed by atoms with Crippen LogP contribution in [-0.4, -0.2) is 12.1 Å². The highest BCUT2D eigenvalue weighted by Gasteiger charge is 2.43. The Kier molecular flexibility index (Phi) is 3.27. The Bertz CT molecular complexity index is 937. The smallest absolute Gasteiger partial charge is 0.119 e. The van der Waals surface area contributed by atoms with E-state index in [1.807, 2.05) is 18.3 Å². The topological polar surface area (TPSA) is 34.1 Å². The number of aromatic nitrogens is 1. The number of anilines is 1. The molecule has 1 aliphatic carbocycles. The van der Waals surface area contributed by atoms with Crippen LogP contribution in [0.1, 0.15) is 34.3 Å². The number of rotatable bonds is 2. The normalized spacial score (nSPS) is 23.2. The molecule has 0 amide bonds. The van der Waals surface area contributed by atoms with E-state index in [-0.39, 0.29) is 6.04 Å². The van der Waals surface area contributed by atoms with Gasteiger partial charge in [-0.1, -0.05) is 36.4 Å². The molecule has 124 valence electrons. The highest BCUT2D eigenvalue weighted by Crippen LogP contribution is 2.53. The van der Waals surface area contributed by atoms with Crippen molar-refractivity contribution in [2.75, 3.05) is 12.4 Å². The maximum atomic E-state index is 5.45. The molecule has 3 atom stereocenters. The Morgan fingerprint density at radius 3 is 2.88 bits per heavy atom. The second-order valence-electron chi connectivity index (χ2n) is 6.88. The molecule has 1 aromatic heterocycles. The van der Waals surface area contributed by atoms with Crippen LogP contribution >= 0.6 is 0 Å². The second kappa shape index (κ2) is 5.62. The quantitative estimate of drug-likeness (QED) is 0.749. The second-order valence-corrected chi connectivity index (χ2v) is 6.88. The molecule has 0 fully saturated rings. The Hall–Kier alpha value is -2.81. The first-order valence-corrected chi connectivity index (χ1v) is 8.78. The van der Waals surface area contributed by atoms with Gasteiger partial charge in [-0.3, -0.25) is 4.98 Å². The van der Waals surface area contributed by atoms with Gasteiger partial charge in [0.2, 0.25) is 0 Å². The molecule has 0 saturated carbocycles. The molecular formula is C22H20N2O. The number of pyridine rings is 1. The predicted octanol–water partition coefficient (Wildman–Crippen LogP) is 4.56. The maximum Gasteiger partial charge on any atom is 0.119 e. The molecule has 2 heterocycles. The predicted molar refractivity (Wildman–Crippen MR) is 99.1 cm³/mol. The number of methoxy groups -OCH3 is 1. The summed E-state index contributed by atoms with van der Waals surface area (Å²) in [6.45, 7) is 0. The zero-order valence-electron chi connectivity index (χ0n) is 14.1. The molecule has 3 nitrogen and oxygen atoms in total. The Balaban J connectivity index is 1.66. The van der Waals surface area contributed by atoms with Crippen LogP contribution in [0.2, 0.25) is 0 Å². The lowest BCUT2D eigenvalue weighted by Gasteiger charge is -2.37. The molecule has 2 aliphatic rings. The van der Waals surface area contributed by atoms with Gasteiger partial charge >= 0.3 is 0 Å². The van der Waals surface area contributed by atoms with E-state index >= 15 is 0 Å². The maximum absolute atomic E-state index is 5.45. The number of benzene rings is 2. The summed E-state index contributed by atoms with van der Waals surface area (Å²) in [5.41, 5.74) is 6.48. The zero-order chi connectivity index (χ0) is 16.8. The van der Waals surface area contributed by atoms with Crippen LogP contribution in [0.15, 0.2) is 66.9 Å². The van der Waals surface area contributed by atoms with Gasteiger partial charge in [-0.15, -0.1) is 0 Å². The minimum Gasteiger partial charge on any atom is -0.497 e. The molecule has 0 spiro atoms. The number of nitrogens with zero attached hydrogens (tertiary/aromatic N) is 1. The fourth-order valence-corrected chi connectivity index (χ4v) is 4.51. The molecule has 1 N–H and O–H groups in total. The molecule has 0 radical (unpaired) electrons. The summed E-state index contributed by atoms with van der Waals surface area (Å²) in [5, 5.41) is 3.75. The standard InChI is InChI=1S/C22H20N2O/c1-25-16-8-4-7-15(12-16)21-18-13-14-6-2-3-9-17(14)20(18)22-19(24-21)10-5-11-23-22/h2-12,18,20-21,24H,13H2,1H3/t18-,20+,21?/m1/s1. The van der Waals surface area contributed by atoms with E-state index in [1.165, 1.54) is 22.4 Å². The fourth-order valence-electron chi connectivity index (χ4n) is 4.51. The number of hydrogen-bond donors (Lipinski definition) is 1. The minimum atomic E-state index is 0.254. The highest BCUT2D eigenvalue weighted by atomic mass is 16.5. The van der Waals surface area contributed by atoms with Crippen molar-refractivity contribution in [1.82, 2.24) is 4.98 Å². The zero-order valence-corrected chi connectivity index (χ0v) is 14.1. The number of ether oxygens (including phenoxy) is 1. The molecule has 0 saturated heterocycles. The first kappa shape index (κ1) is 14.5. The average molecular weight is 328 g/mol. The van der Waals surface area contributed by atoms with Gasteiger partial charge in [-0.2, -0.15) is 0 Å². The molecule has 1 aliphatic heterocycles. The van der Waals surface area contributed by atoms with Gasteiger partial charge in [0.25, 0.3) is 0 Å². The summed E-state index contributed by atoms with van der Waals surface area (Å²) in [4.78, 5) is 4.74. The van der Waals surface area contributed by atoms with Crippen molar-refractivity contribution in [3.63, 3.8) is 0 Å². The summed E-state index contributed by atoms with van der Waals surface area (Å²) in [5.74, 6) is 1.72. The lowest BCUT2D eigenvalue weighted by molar-refractivity contribution is 0.402. The van der Waals surface area contributed by atoms with Crippen LogP contribution in [0, 0.1) is 5.92 Å². The van der Waals surface area contributed by atoms with Crippen LogP contribution < -0.4 is 10.1 Å². The van der Waals surface area contributed by atoms with E-state index in [1.54, 1.807) is 7.11 Å². The van der Waals surface area contributed by atoms with Gasteiger partial charge in [0, 0.05) is 12.1 Å². The summed E-state index contributed by atoms with van der Waals surface area (Å²) in [6.07, 6.45) is 2.98. The molecule has 2 aromatic carbocycles. The molecule has 3 heteroatoms. The van der Waals surface area contributed by atoms with Crippen molar-refractivity contribution in [3.8, 4) is 5.75 Å². The third-order valence-electron chi connectivity index (χ3n) is 5.60. The van der Waals surface area contributed by atoms with Gasteiger partial charge in [0.05, 0.1) is 24.5 Å². The SMILES string of the molecule is COc1cccc(C2Nc3cccnc3[C@H]3c4ccccc4C[C@@H]23)c1. The van der Waals surface area contributed by atoms with E-state index in [0.717, 1.165) is 17.9 Å². The van der Waals surface area contributed by atoms with Crippen LogP contribution in [0.4, 0.5) is 5.69 Å². The van der Waals surface area contributed by atoms with Crippen LogP contribution in [0.5, 0.6) is 5.75 Å².